The Labute approximate surface area is 122 Å². The molecule has 1 heterocycles. The van der Waals surface area contributed by atoms with Crippen molar-refractivity contribution < 1.29 is 9.59 Å². The van der Waals surface area contributed by atoms with Gasteiger partial charge in [0.05, 0.1) is 0 Å². The van der Waals surface area contributed by atoms with E-state index in [2.05, 4.69) is 15.6 Å². The van der Waals surface area contributed by atoms with Crippen LogP contribution in [0.2, 0.25) is 0 Å². The van der Waals surface area contributed by atoms with Gasteiger partial charge in [-0.25, -0.2) is 4.98 Å². The van der Waals surface area contributed by atoms with Crippen molar-refractivity contribution in [3.63, 3.8) is 0 Å². The monoisotopic (exact) mass is 299 g/mol. The van der Waals surface area contributed by atoms with E-state index in [1.54, 1.807) is 14.1 Å². The van der Waals surface area contributed by atoms with E-state index in [9.17, 15) is 9.59 Å². The van der Waals surface area contributed by atoms with Crippen molar-refractivity contribution >= 4 is 34.1 Å². The molecule has 0 unspecified atom stereocenters. The predicted octanol–water partition coefficient (Wildman–Crippen LogP) is 0.755. The Balaban J connectivity index is 2.66. The smallest absolute Gasteiger partial charge is 0.267 e. The van der Waals surface area contributed by atoms with Crippen LogP contribution in [0.15, 0.2) is 0 Å². The number of nitrogens with two attached hydrogens (primary N) is 1. The van der Waals surface area contributed by atoms with Crippen LogP contribution < -0.4 is 16.4 Å². The van der Waals surface area contributed by atoms with Gasteiger partial charge >= 0.3 is 0 Å². The molecule has 0 saturated carbocycles. The minimum atomic E-state index is -0.214. The molecule has 4 N–H and O–H groups in total. The van der Waals surface area contributed by atoms with E-state index in [1.165, 1.54) is 16.2 Å². The Morgan fingerprint density at radius 3 is 2.75 bits per heavy atom. The summed E-state index contributed by atoms with van der Waals surface area (Å²) in [5.74, 6) is -0.0916. The molecular formula is C12H21N5O2S. The number of thiazole rings is 1. The Kier molecular flexibility index (Phi) is 6.23. The minimum Gasteiger partial charge on any atom is -0.382 e. The molecule has 8 heteroatoms. The fourth-order valence-electron chi connectivity index (χ4n) is 1.46. The Hall–Kier alpha value is -1.83. The van der Waals surface area contributed by atoms with Gasteiger partial charge in [-0.05, 0) is 6.42 Å². The summed E-state index contributed by atoms with van der Waals surface area (Å²) in [5, 5.41) is 6.26. The highest BCUT2D eigenvalue weighted by atomic mass is 32.1. The molecule has 0 aliphatic heterocycles. The second kappa shape index (κ2) is 7.68. The van der Waals surface area contributed by atoms with Gasteiger partial charge in [0, 0.05) is 33.6 Å². The topological polar surface area (TPSA) is 100 Å². The van der Waals surface area contributed by atoms with E-state index in [0.717, 1.165) is 13.0 Å². The van der Waals surface area contributed by atoms with Gasteiger partial charge in [-0.15, -0.1) is 0 Å². The number of amides is 2. The number of aromatic nitrogens is 1. The number of nitrogen functional groups attached to an aromatic ring is 1. The van der Waals surface area contributed by atoms with Crippen LogP contribution in [0.1, 0.15) is 29.4 Å². The lowest BCUT2D eigenvalue weighted by Crippen LogP contribution is -2.31. The summed E-state index contributed by atoms with van der Waals surface area (Å²) in [6.07, 6.45) is 1.23. The molecule has 0 atom stereocenters. The number of carbonyl (C=O) groups is 2. The fraction of sp³-hybridized carbons (Fsp3) is 0.583. The number of hydrogen-bond donors (Lipinski definition) is 3. The third-order valence-electron chi connectivity index (χ3n) is 2.67. The molecule has 7 nitrogen and oxygen atoms in total. The lowest BCUT2D eigenvalue weighted by Gasteiger charge is -2.15. The normalized spacial score (nSPS) is 10.2. The molecule has 112 valence electrons. The molecular weight excluding hydrogens is 278 g/mol. The van der Waals surface area contributed by atoms with E-state index in [-0.39, 0.29) is 24.1 Å². The quantitative estimate of drug-likeness (QED) is 0.690. The van der Waals surface area contributed by atoms with Crippen LogP contribution in [-0.4, -0.2) is 48.9 Å². The van der Waals surface area contributed by atoms with Crippen molar-refractivity contribution in [2.75, 3.05) is 38.2 Å². The number of carbonyl (C=O) groups excluding carboxylic acids is 2. The number of nitrogens with one attached hydrogen (secondary N) is 2. The van der Waals surface area contributed by atoms with E-state index < -0.39 is 0 Å². The maximum absolute atomic E-state index is 12.2. The van der Waals surface area contributed by atoms with Gasteiger partial charge in [0.2, 0.25) is 5.91 Å². The van der Waals surface area contributed by atoms with Gasteiger partial charge in [-0.1, -0.05) is 18.3 Å². The van der Waals surface area contributed by atoms with Gasteiger partial charge in [-0.3, -0.25) is 9.59 Å². The van der Waals surface area contributed by atoms with E-state index in [4.69, 9.17) is 5.73 Å². The summed E-state index contributed by atoms with van der Waals surface area (Å²) in [5.41, 5.74) is 5.77. The van der Waals surface area contributed by atoms with E-state index >= 15 is 0 Å². The van der Waals surface area contributed by atoms with Crippen molar-refractivity contribution in [2.45, 2.75) is 19.8 Å². The van der Waals surface area contributed by atoms with Gasteiger partial charge < -0.3 is 21.3 Å². The standard InChI is InChI=1S/C12H21N5O2S/c1-4-6-15-12-16-10(13)9(20-12)11(19)17(3)7-5-8(18)14-2/h4-7,13H2,1-3H3,(H,14,18)(H,15,16). The zero-order valence-electron chi connectivity index (χ0n) is 12.0. The van der Waals surface area contributed by atoms with E-state index in [0.29, 0.717) is 16.6 Å². The highest BCUT2D eigenvalue weighted by Gasteiger charge is 2.20. The molecule has 0 spiro atoms. The second-order valence-corrected chi connectivity index (χ2v) is 5.31. The molecule has 1 aromatic rings. The van der Waals surface area contributed by atoms with Crippen LogP contribution in [0, 0.1) is 0 Å². The first-order valence-electron chi connectivity index (χ1n) is 6.45. The minimum absolute atomic E-state index is 0.104. The summed E-state index contributed by atoms with van der Waals surface area (Å²) < 4.78 is 0. The number of nitrogens with zero attached hydrogens (tertiary/aromatic N) is 2. The average Bonchev–Trinajstić information content (AvgIpc) is 2.82. The average molecular weight is 299 g/mol. The number of hydrogen-bond acceptors (Lipinski definition) is 6. The van der Waals surface area contributed by atoms with Crippen molar-refractivity contribution in [3.05, 3.63) is 4.88 Å². The Bertz CT molecular complexity index is 474. The molecule has 0 saturated heterocycles. The zero-order chi connectivity index (χ0) is 15.1. The third-order valence-corrected chi connectivity index (χ3v) is 3.69. The first-order chi connectivity index (χ1) is 9.49. The molecule has 1 rings (SSSR count). The molecule has 0 bridgehead atoms. The van der Waals surface area contributed by atoms with Crippen LogP contribution in [0.25, 0.3) is 0 Å². The molecule has 20 heavy (non-hydrogen) atoms. The zero-order valence-corrected chi connectivity index (χ0v) is 12.8. The Morgan fingerprint density at radius 2 is 2.15 bits per heavy atom. The largest absolute Gasteiger partial charge is 0.382 e. The molecule has 0 aliphatic rings. The molecule has 0 aliphatic carbocycles. The lowest BCUT2D eigenvalue weighted by molar-refractivity contribution is -0.120. The van der Waals surface area contributed by atoms with Crippen LogP contribution >= 0.6 is 11.3 Å². The summed E-state index contributed by atoms with van der Waals surface area (Å²) in [6.45, 7) is 3.17. The highest BCUT2D eigenvalue weighted by Crippen LogP contribution is 2.26. The lowest BCUT2D eigenvalue weighted by atomic mass is 10.3. The molecule has 2 amide bonds. The van der Waals surface area contributed by atoms with E-state index in [1.807, 2.05) is 6.92 Å². The number of rotatable bonds is 7. The van der Waals surface area contributed by atoms with Gasteiger partial charge in [0.1, 0.15) is 10.7 Å². The predicted molar refractivity (Wildman–Crippen MR) is 81.0 cm³/mol. The third kappa shape index (κ3) is 4.37. The second-order valence-electron chi connectivity index (χ2n) is 4.31. The van der Waals surface area contributed by atoms with Gasteiger partial charge in [0.25, 0.3) is 5.91 Å². The van der Waals surface area contributed by atoms with Crippen molar-refractivity contribution in [3.8, 4) is 0 Å². The van der Waals surface area contributed by atoms with Crippen molar-refractivity contribution in [1.82, 2.24) is 15.2 Å². The first-order valence-corrected chi connectivity index (χ1v) is 7.27. The SMILES string of the molecule is CCCNc1nc(N)c(C(=O)N(C)CCC(=O)NC)s1. The maximum Gasteiger partial charge on any atom is 0.267 e. The first kappa shape index (κ1) is 16.2. The van der Waals surface area contributed by atoms with Gasteiger partial charge in [0.15, 0.2) is 5.13 Å². The van der Waals surface area contributed by atoms with Crippen LogP contribution in [0.4, 0.5) is 10.9 Å². The summed E-state index contributed by atoms with van der Waals surface area (Å²) in [4.78, 5) is 29.4. The molecule has 0 aromatic carbocycles. The molecule has 0 fully saturated rings. The number of anilines is 2. The summed E-state index contributed by atoms with van der Waals surface area (Å²) in [7, 11) is 3.21. The molecule has 1 aromatic heterocycles. The highest BCUT2D eigenvalue weighted by molar-refractivity contribution is 7.18. The summed E-state index contributed by atoms with van der Waals surface area (Å²) in [6, 6.07) is 0. The van der Waals surface area contributed by atoms with Crippen molar-refractivity contribution in [1.29, 1.82) is 0 Å². The Morgan fingerprint density at radius 1 is 1.45 bits per heavy atom. The van der Waals surface area contributed by atoms with Crippen LogP contribution in [-0.2, 0) is 4.79 Å². The van der Waals surface area contributed by atoms with Crippen molar-refractivity contribution in [2.24, 2.45) is 0 Å². The maximum atomic E-state index is 12.2. The van der Waals surface area contributed by atoms with Gasteiger partial charge in [-0.2, -0.15) is 0 Å². The summed E-state index contributed by atoms with van der Waals surface area (Å²) >= 11 is 1.24. The van der Waals surface area contributed by atoms with Crippen LogP contribution in [0.5, 0.6) is 0 Å². The molecule has 0 radical (unpaired) electrons. The fourth-order valence-corrected chi connectivity index (χ4v) is 2.37. The van der Waals surface area contributed by atoms with Crippen LogP contribution in [0.3, 0.4) is 0 Å².